The molecule has 2 aromatic rings. The maximum atomic E-state index is 12.1. The summed E-state index contributed by atoms with van der Waals surface area (Å²) in [5.41, 5.74) is 1.83. The van der Waals surface area contributed by atoms with Crippen LogP contribution in [0.5, 0.6) is 11.5 Å². The zero-order chi connectivity index (χ0) is 17.4. The van der Waals surface area contributed by atoms with Crippen LogP contribution in [0.1, 0.15) is 38.7 Å². The molecule has 24 heavy (non-hydrogen) atoms. The zero-order valence-electron chi connectivity index (χ0n) is 14.5. The minimum atomic E-state index is -0.184. The van der Waals surface area contributed by atoms with Crippen LogP contribution in [-0.2, 0) is 4.79 Å². The molecular formula is C20H25NO3. The molecule has 0 aliphatic heterocycles. The van der Waals surface area contributed by atoms with Crippen LogP contribution >= 0.6 is 0 Å². The van der Waals surface area contributed by atoms with Crippen molar-refractivity contribution in [2.75, 3.05) is 18.5 Å². The molecule has 1 N–H and O–H groups in total. The van der Waals surface area contributed by atoms with Crippen molar-refractivity contribution in [1.29, 1.82) is 0 Å². The molecule has 0 fully saturated rings. The molecule has 4 heteroatoms. The lowest BCUT2D eigenvalue weighted by Crippen LogP contribution is -2.20. The molecule has 0 spiro atoms. The van der Waals surface area contributed by atoms with Crippen LogP contribution in [0.25, 0.3) is 0 Å². The van der Waals surface area contributed by atoms with E-state index in [0.717, 1.165) is 29.2 Å². The average Bonchev–Trinajstić information content (AvgIpc) is 2.59. The molecular weight excluding hydrogens is 302 g/mol. The van der Waals surface area contributed by atoms with E-state index in [1.54, 1.807) is 0 Å². The molecule has 0 saturated carbocycles. The highest BCUT2D eigenvalue weighted by molar-refractivity contribution is 5.91. The van der Waals surface area contributed by atoms with Crippen LogP contribution in [0.3, 0.4) is 0 Å². The lowest BCUT2D eigenvalue weighted by molar-refractivity contribution is -0.118. The lowest BCUT2D eigenvalue weighted by atomic mass is 10.0. The Kier molecular flexibility index (Phi) is 6.67. The number of amides is 1. The normalized spacial score (nSPS) is 10.5. The Bertz CT molecular complexity index is 650. The smallest absolute Gasteiger partial charge is 0.262 e. The van der Waals surface area contributed by atoms with Gasteiger partial charge in [0.25, 0.3) is 5.91 Å². The number of hydrogen-bond acceptors (Lipinski definition) is 3. The Hall–Kier alpha value is -2.49. The van der Waals surface area contributed by atoms with Crippen molar-refractivity contribution in [2.24, 2.45) is 0 Å². The van der Waals surface area contributed by atoms with Crippen molar-refractivity contribution in [3.8, 4) is 11.5 Å². The van der Waals surface area contributed by atoms with Gasteiger partial charge < -0.3 is 14.8 Å². The molecule has 2 rings (SSSR count). The van der Waals surface area contributed by atoms with Crippen LogP contribution in [0.2, 0.25) is 0 Å². The molecule has 0 heterocycles. The Labute approximate surface area is 143 Å². The standard InChI is InChI=1S/C20H25NO3/c1-4-13-23-17-11-9-16(10-12-17)21-20(22)14-24-19-8-6-5-7-18(19)15(2)3/h5-12,15H,4,13-14H2,1-3H3,(H,21,22). The van der Waals surface area contributed by atoms with Crippen LogP contribution < -0.4 is 14.8 Å². The summed E-state index contributed by atoms with van der Waals surface area (Å²) in [6.07, 6.45) is 0.966. The fourth-order valence-corrected chi connectivity index (χ4v) is 2.28. The number of nitrogens with one attached hydrogen (secondary N) is 1. The molecule has 4 nitrogen and oxygen atoms in total. The van der Waals surface area contributed by atoms with E-state index in [1.807, 2.05) is 48.5 Å². The molecule has 0 aliphatic rings. The van der Waals surface area contributed by atoms with Crippen molar-refractivity contribution >= 4 is 11.6 Å². The van der Waals surface area contributed by atoms with Gasteiger partial charge in [-0.1, -0.05) is 39.0 Å². The Balaban J connectivity index is 1.87. The van der Waals surface area contributed by atoms with E-state index in [2.05, 4.69) is 26.1 Å². The number of anilines is 1. The molecule has 0 aliphatic carbocycles. The Morgan fingerprint density at radius 1 is 1.04 bits per heavy atom. The molecule has 0 bridgehead atoms. The maximum Gasteiger partial charge on any atom is 0.262 e. The SMILES string of the molecule is CCCOc1ccc(NC(=O)COc2ccccc2C(C)C)cc1. The van der Waals surface area contributed by atoms with Crippen molar-refractivity contribution in [1.82, 2.24) is 0 Å². The summed E-state index contributed by atoms with van der Waals surface area (Å²) in [5.74, 6) is 1.72. The molecule has 0 radical (unpaired) electrons. The molecule has 1 amide bonds. The van der Waals surface area contributed by atoms with Gasteiger partial charge in [-0.05, 0) is 48.2 Å². The zero-order valence-corrected chi connectivity index (χ0v) is 14.5. The first-order valence-corrected chi connectivity index (χ1v) is 8.34. The topological polar surface area (TPSA) is 47.6 Å². The van der Waals surface area contributed by atoms with E-state index in [-0.39, 0.29) is 12.5 Å². The second-order valence-corrected chi connectivity index (χ2v) is 5.90. The summed E-state index contributed by atoms with van der Waals surface area (Å²) in [5, 5.41) is 2.82. The third-order valence-corrected chi connectivity index (χ3v) is 3.51. The minimum Gasteiger partial charge on any atom is -0.494 e. The Morgan fingerprint density at radius 2 is 1.75 bits per heavy atom. The molecule has 0 unspecified atom stereocenters. The number of rotatable bonds is 8. The number of hydrogen-bond donors (Lipinski definition) is 1. The lowest BCUT2D eigenvalue weighted by Gasteiger charge is -2.13. The molecule has 0 atom stereocenters. The van der Waals surface area contributed by atoms with Gasteiger partial charge in [-0.3, -0.25) is 4.79 Å². The van der Waals surface area contributed by atoms with Gasteiger partial charge >= 0.3 is 0 Å². The Morgan fingerprint density at radius 3 is 2.42 bits per heavy atom. The van der Waals surface area contributed by atoms with E-state index in [1.165, 1.54) is 0 Å². The van der Waals surface area contributed by atoms with Crippen molar-refractivity contribution in [3.05, 3.63) is 54.1 Å². The van der Waals surface area contributed by atoms with E-state index < -0.39 is 0 Å². The number of ether oxygens (including phenoxy) is 2. The number of carbonyl (C=O) groups is 1. The number of benzene rings is 2. The van der Waals surface area contributed by atoms with Gasteiger partial charge in [0, 0.05) is 5.69 Å². The fraction of sp³-hybridized carbons (Fsp3) is 0.350. The van der Waals surface area contributed by atoms with Crippen LogP contribution in [0.15, 0.2) is 48.5 Å². The van der Waals surface area contributed by atoms with E-state index >= 15 is 0 Å². The third kappa shape index (κ3) is 5.30. The fourth-order valence-electron chi connectivity index (χ4n) is 2.28. The van der Waals surface area contributed by atoms with E-state index in [9.17, 15) is 4.79 Å². The third-order valence-electron chi connectivity index (χ3n) is 3.51. The van der Waals surface area contributed by atoms with Gasteiger partial charge in [0.15, 0.2) is 6.61 Å². The van der Waals surface area contributed by atoms with Gasteiger partial charge in [0.2, 0.25) is 0 Å². The summed E-state index contributed by atoms with van der Waals surface area (Å²) < 4.78 is 11.2. The maximum absolute atomic E-state index is 12.1. The van der Waals surface area contributed by atoms with Crippen molar-refractivity contribution in [3.63, 3.8) is 0 Å². The molecule has 2 aromatic carbocycles. The molecule has 0 aromatic heterocycles. The van der Waals surface area contributed by atoms with E-state index in [4.69, 9.17) is 9.47 Å². The summed E-state index contributed by atoms with van der Waals surface area (Å²) >= 11 is 0. The summed E-state index contributed by atoms with van der Waals surface area (Å²) in [7, 11) is 0. The number of para-hydroxylation sites is 1. The highest BCUT2D eigenvalue weighted by atomic mass is 16.5. The average molecular weight is 327 g/mol. The second-order valence-electron chi connectivity index (χ2n) is 5.90. The predicted octanol–water partition coefficient (Wildman–Crippen LogP) is 4.62. The van der Waals surface area contributed by atoms with Gasteiger partial charge in [-0.2, -0.15) is 0 Å². The minimum absolute atomic E-state index is 0.0161. The van der Waals surface area contributed by atoms with Crippen molar-refractivity contribution < 1.29 is 14.3 Å². The van der Waals surface area contributed by atoms with Crippen molar-refractivity contribution in [2.45, 2.75) is 33.1 Å². The monoisotopic (exact) mass is 327 g/mol. The molecule has 0 saturated heterocycles. The quantitative estimate of drug-likeness (QED) is 0.770. The summed E-state index contributed by atoms with van der Waals surface area (Å²) in [4.78, 5) is 12.1. The van der Waals surface area contributed by atoms with Gasteiger partial charge in [-0.15, -0.1) is 0 Å². The van der Waals surface area contributed by atoms with Crippen LogP contribution in [0, 0.1) is 0 Å². The second kappa shape index (κ2) is 8.96. The van der Waals surface area contributed by atoms with Gasteiger partial charge in [0.1, 0.15) is 11.5 Å². The van der Waals surface area contributed by atoms with Crippen LogP contribution in [0.4, 0.5) is 5.69 Å². The first-order valence-electron chi connectivity index (χ1n) is 8.34. The number of carbonyl (C=O) groups excluding carboxylic acids is 1. The summed E-state index contributed by atoms with van der Waals surface area (Å²) in [6, 6.07) is 15.1. The predicted molar refractivity (Wildman–Crippen MR) is 96.9 cm³/mol. The highest BCUT2D eigenvalue weighted by Crippen LogP contribution is 2.25. The van der Waals surface area contributed by atoms with Gasteiger partial charge in [0.05, 0.1) is 6.61 Å². The first-order chi connectivity index (χ1) is 11.6. The van der Waals surface area contributed by atoms with E-state index in [0.29, 0.717) is 12.5 Å². The van der Waals surface area contributed by atoms with Gasteiger partial charge in [-0.25, -0.2) is 0 Å². The first kappa shape index (κ1) is 17.9. The molecule has 128 valence electrons. The largest absolute Gasteiger partial charge is 0.494 e. The summed E-state index contributed by atoms with van der Waals surface area (Å²) in [6.45, 7) is 6.94. The highest BCUT2D eigenvalue weighted by Gasteiger charge is 2.09. The van der Waals surface area contributed by atoms with Crippen LogP contribution in [-0.4, -0.2) is 19.1 Å².